The fourth-order valence-corrected chi connectivity index (χ4v) is 1.71. The summed E-state index contributed by atoms with van der Waals surface area (Å²) in [5.74, 6) is -2.78. The first-order chi connectivity index (χ1) is 9.36. The number of halogens is 1. The Balaban J connectivity index is 2.74. The first-order valence-electron chi connectivity index (χ1n) is 6.21. The maximum Gasteiger partial charge on any atom is 0.308 e. The van der Waals surface area contributed by atoms with Crippen molar-refractivity contribution in [2.24, 2.45) is 11.8 Å². The highest BCUT2D eigenvalue weighted by Crippen LogP contribution is 2.18. The number of amides is 1. The second-order valence-corrected chi connectivity index (χ2v) is 4.75. The van der Waals surface area contributed by atoms with Crippen molar-refractivity contribution in [3.05, 3.63) is 29.6 Å². The third-order valence-electron chi connectivity index (χ3n) is 3.02. The first kappa shape index (κ1) is 15.9. The van der Waals surface area contributed by atoms with Crippen LogP contribution < -0.4 is 10.1 Å². The normalized spacial score (nSPS) is 12.1. The van der Waals surface area contributed by atoms with E-state index in [-0.39, 0.29) is 23.8 Å². The molecule has 0 saturated heterocycles. The van der Waals surface area contributed by atoms with Gasteiger partial charge in [0, 0.05) is 12.1 Å². The van der Waals surface area contributed by atoms with Crippen LogP contribution >= 0.6 is 0 Å². The summed E-state index contributed by atoms with van der Waals surface area (Å²) in [6.45, 7) is 3.56. The summed E-state index contributed by atoms with van der Waals surface area (Å²) in [7, 11) is 1.30. The van der Waals surface area contributed by atoms with Crippen molar-refractivity contribution in [1.82, 2.24) is 5.32 Å². The first-order valence-corrected chi connectivity index (χ1v) is 6.21. The number of carboxylic acid groups (broad SMARTS) is 1. The second kappa shape index (κ2) is 6.88. The fourth-order valence-electron chi connectivity index (χ4n) is 1.71. The highest BCUT2D eigenvalue weighted by Gasteiger charge is 2.22. The number of benzene rings is 1. The van der Waals surface area contributed by atoms with E-state index in [1.807, 2.05) is 0 Å². The van der Waals surface area contributed by atoms with Gasteiger partial charge in [0.2, 0.25) is 0 Å². The van der Waals surface area contributed by atoms with Crippen LogP contribution in [0.5, 0.6) is 5.75 Å². The van der Waals surface area contributed by atoms with Gasteiger partial charge >= 0.3 is 5.97 Å². The largest absolute Gasteiger partial charge is 0.494 e. The van der Waals surface area contributed by atoms with Crippen LogP contribution in [-0.4, -0.2) is 30.6 Å². The third-order valence-corrected chi connectivity index (χ3v) is 3.02. The zero-order valence-electron chi connectivity index (χ0n) is 11.6. The number of rotatable bonds is 6. The number of aliphatic carboxylic acids is 1. The highest BCUT2D eigenvalue weighted by molar-refractivity contribution is 5.94. The van der Waals surface area contributed by atoms with Crippen LogP contribution in [-0.2, 0) is 4.79 Å². The molecule has 0 aliphatic rings. The minimum absolute atomic E-state index is 0.0194. The molecule has 0 fully saturated rings. The molecule has 0 aliphatic heterocycles. The summed E-state index contributed by atoms with van der Waals surface area (Å²) in [4.78, 5) is 22.9. The van der Waals surface area contributed by atoms with Crippen LogP contribution in [0.1, 0.15) is 24.2 Å². The van der Waals surface area contributed by atoms with Crippen molar-refractivity contribution in [2.45, 2.75) is 13.8 Å². The van der Waals surface area contributed by atoms with Crippen molar-refractivity contribution in [3.63, 3.8) is 0 Å². The summed E-state index contributed by atoms with van der Waals surface area (Å²) < 4.78 is 18.0. The van der Waals surface area contributed by atoms with Gasteiger partial charge in [-0.3, -0.25) is 9.59 Å². The van der Waals surface area contributed by atoms with Crippen LogP contribution in [0, 0.1) is 17.7 Å². The molecule has 1 atom stereocenters. The van der Waals surface area contributed by atoms with E-state index < -0.39 is 23.6 Å². The van der Waals surface area contributed by atoms with E-state index in [9.17, 15) is 14.0 Å². The van der Waals surface area contributed by atoms with Gasteiger partial charge in [-0.1, -0.05) is 13.8 Å². The van der Waals surface area contributed by atoms with Crippen LogP contribution in [0.2, 0.25) is 0 Å². The van der Waals surface area contributed by atoms with Gasteiger partial charge in [-0.15, -0.1) is 0 Å². The Labute approximate surface area is 116 Å². The van der Waals surface area contributed by atoms with Gasteiger partial charge in [0.25, 0.3) is 5.91 Å². The molecule has 0 aliphatic carbocycles. The molecule has 0 radical (unpaired) electrons. The van der Waals surface area contributed by atoms with Crippen molar-refractivity contribution < 1.29 is 23.8 Å². The highest BCUT2D eigenvalue weighted by atomic mass is 19.1. The minimum atomic E-state index is -0.961. The van der Waals surface area contributed by atoms with E-state index in [1.165, 1.54) is 19.2 Å². The van der Waals surface area contributed by atoms with Crippen LogP contribution in [0.25, 0.3) is 0 Å². The molecule has 1 rings (SSSR count). The number of carbonyl (C=O) groups excluding carboxylic acids is 1. The van der Waals surface area contributed by atoms with Gasteiger partial charge in [-0.25, -0.2) is 4.39 Å². The predicted octanol–water partition coefficient (Wildman–Crippen LogP) is 1.92. The Hall–Kier alpha value is -2.11. The van der Waals surface area contributed by atoms with E-state index in [0.717, 1.165) is 6.07 Å². The second-order valence-electron chi connectivity index (χ2n) is 4.75. The average Bonchev–Trinajstić information content (AvgIpc) is 2.38. The average molecular weight is 283 g/mol. The van der Waals surface area contributed by atoms with Crippen LogP contribution in [0.4, 0.5) is 4.39 Å². The van der Waals surface area contributed by atoms with E-state index in [4.69, 9.17) is 9.84 Å². The summed E-state index contributed by atoms with van der Waals surface area (Å²) >= 11 is 0. The van der Waals surface area contributed by atoms with E-state index in [0.29, 0.717) is 0 Å². The lowest BCUT2D eigenvalue weighted by Crippen LogP contribution is -2.35. The molecular weight excluding hydrogens is 265 g/mol. The van der Waals surface area contributed by atoms with E-state index in [1.54, 1.807) is 13.8 Å². The van der Waals surface area contributed by atoms with Crippen molar-refractivity contribution in [1.29, 1.82) is 0 Å². The number of nitrogens with one attached hydrogen (secondary N) is 1. The van der Waals surface area contributed by atoms with Gasteiger partial charge in [0.15, 0.2) is 11.6 Å². The lowest BCUT2D eigenvalue weighted by Gasteiger charge is -2.16. The molecule has 1 amide bonds. The topological polar surface area (TPSA) is 75.6 Å². The molecule has 1 aromatic carbocycles. The van der Waals surface area contributed by atoms with Crippen LogP contribution in [0.15, 0.2) is 18.2 Å². The van der Waals surface area contributed by atoms with E-state index >= 15 is 0 Å². The zero-order valence-corrected chi connectivity index (χ0v) is 11.6. The molecule has 1 unspecified atom stereocenters. The molecule has 20 heavy (non-hydrogen) atoms. The van der Waals surface area contributed by atoms with Gasteiger partial charge < -0.3 is 15.2 Å². The Morgan fingerprint density at radius 1 is 1.40 bits per heavy atom. The molecule has 110 valence electrons. The predicted molar refractivity (Wildman–Crippen MR) is 71.2 cm³/mol. The van der Waals surface area contributed by atoms with Gasteiger partial charge in [-0.05, 0) is 24.1 Å². The summed E-state index contributed by atoms with van der Waals surface area (Å²) in [5.41, 5.74) is 0.219. The van der Waals surface area contributed by atoms with Crippen LogP contribution in [0.3, 0.4) is 0 Å². The third kappa shape index (κ3) is 3.94. The standard InChI is InChI=1S/C14H18FNO4/c1-8(2)10(14(18)19)7-16-13(17)9-4-5-11(15)12(6-9)20-3/h4-6,8,10H,7H2,1-3H3,(H,16,17)(H,18,19). The minimum Gasteiger partial charge on any atom is -0.494 e. The molecule has 2 N–H and O–H groups in total. The number of ether oxygens (including phenoxy) is 1. The molecular formula is C14H18FNO4. The number of carboxylic acids is 1. The van der Waals surface area contributed by atoms with Gasteiger partial charge in [0.05, 0.1) is 13.0 Å². The SMILES string of the molecule is COc1cc(C(=O)NCC(C(=O)O)C(C)C)ccc1F. The summed E-state index contributed by atoms with van der Waals surface area (Å²) in [6.07, 6.45) is 0. The molecule has 0 saturated carbocycles. The number of hydrogen-bond donors (Lipinski definition) is 2. The van der Waals surface area contributed by atoms with Gasteiger partial charge in [0.1, 0.15) is 0 Å². The zero-order chi connectivity index (χ0) is 15.3. The number of carbonyl (C=O) groups is 2. The summed E-state index contributed by atoms with van der Waals surface area (Å²) in [5, 5.41) is 11.6. The molecule has 0 spiro atoms. The Morgan fingerprint density at radius 2 is 2.05 bits per heavy atom. The molecule has 6 heteroatoms. The Bertz CT molecular complexity index is 502. The Kier molecular flexibility index (Phi) is 5.49. The monoisotopic (exact) mass is 283 g/mol. The van der Waals surface area contributed by atoms with E-state index in [2.05, 4.69) is 5.32 Å². The molecule has 1 aromatic rings. The molecule has 0 aromatic heterocycles. The van der Waals surface area contributed by atoms with Crippen molar-refractivity contribution in [3.8, 4) is 5.75 Å². The molecule has 5 nitrogen and oxygen atoms in total. The lowest BCUT2D eigenvalue weighted by atomic mass is 9.96. The lowest BCUT2D eigenvalue weighted by molar-refractivity contribution is -0.142. The Morgan fingerprint density at radius 3 is 2.55 bits per heavy atom. The number of methoxy groups -OCH3 is 1. The fraction of sp³-hybridized carbons (Fsp3) is 0.429. The smallest absolute Gasteiger partial charge is 0.308 e. The van der Waals surface area contributed by atoms with Crippen molar-refractivity contribution in [2.75, 3.05) is 13.7 Å². The number of hydrogen-bond acceptors (Lipinski definition) is 3. The maximum absolute atomic E-state index is 13.2. The maximum atomic E-state index is 13.2. The van der Waals surface area contributed by atoms with Crippen molar-refractivity contribution >= 4 is 11.9 Å². The summed E-state index contributed by atoms with van der Waals surface area (Å²) in [6, 6.07) is 3.72. The quantitative estimate of drug-likeness (QED) is 0.836. The molecule has 0 heterocycles. The van der Waals surface area contributed by atoms with Gasteiger partial charge in [-0.2, -0.15) is 0 Å². The molecule has 0 bridgehead atoms.